The third-order valence-electron chi connectivity index (χ3n) is 4.20. The van der Waals surface area contributed by atoms with Crippen LogP contribution < -0.4 is 9.80 Å². The maximum atomic E-state index is 8.62. The molecule has 24 heavy (non-hydrogen) atoms. The highest BCUT2D eigenvalue weighted by Crippen LogP contribution is 2.28. The first-order chi connectivity index (χ1) is 11.6. The molecule has 0 aromatic heterocycles. The van der Waals surface area contributed by atoms with E-state index in [0.717, 1.165) is 16.8 Å². The standard InChI is InChI=1S/C20H21N3S/c1-22(16-10-7-11-17(14-16)24-3)20(21)23(2)19-13-6-9-15-8-4-5-12-18(15)19/h4-14,21H,1-3H3. The molecule has 0 atom stereocenters. The van der Waals surface area contributed by atoms with E-state index in [2.05, 4.69) is 42.7 Å². The number of thioether (sulfide) groups is 1. The number of nitrogens with one attached hydrogen (secondary N) is 1. The van der Waals surface area contributed by atoms with Crippen LogP contribution in [0.4, 0.5) is 11.4 Å². The van der Waals surface area contributed by atoms with E-state index in [4.69, 9.17) is 5.41 Å². The zero-order chi connectivity index (χ0) is 17.1. The molecule has 0 heterocycles. The summed E-state index contributed by atoms with van der Waals surface area (Å²) in [5, 5.41) is 11.0. The van der Waals surface area contributed by atoms with Crippen LogP contribution in [0.1, 0.15) is 0 Å². The van der Waals surface area contributed by atoms with Gasteiger partial charge in [0.1, 0.15) is 0 Å². The zero-order valence-electron chi connectivity index (χ0n) is 14.2. The number of benzene rings is 3. The Balaban J connectivity index is 1.93. The van der Waals surface area contributed by atoms with E-state index in [0.29, 0.717) is 5.96 Å². The molecule has 0 unspecified atom stereocenters. The fourth-order valence-electron chi connectivity index (χ4n) is 2.78. The van der Waals surface area contributed by atoms with Crippen molar-refractivity contribution in [3.05, 3.63) is 66.7 Å². The van der Waals surface area contributed by atoms with E-state index < -0.39 is 0 Å². The summed E-state index contributed by atoms with van der Waals surface area (Å²) in [7, 11) is 3.88. The largest absolute Gasteiger partial charge is 0.315 e. The smallest absolute Gasteiger partial charge is 0.202 e. The van der Waals surface area contributed by atoms with E-state index in [9.17, 15) is 0 Å². The van der Waals surface area contributed by atoms with Crippen molar-refractivity contribution in [2.45, 2.75) is 4.90 Å². The van der Waals surface area contributed by atoms with Gasteiger partial charge in [-0.2, -0.15) is 0 Å². The van der Waals surface area contributed by atoms with E-state index in [1.54, 1.807) is 11.8 Å². The van der Waals surface area contributed by atoms with Gasteiger partial charge < -0.3 is 9.80 Å². The molecule has 0 amide bonds. The molecule has 0 bridgehead atoms. The molecule has 1 N–H and O–H groups in total. The van der Waals surface area contributed by atoms with Crippen molar-refractivity contribution in [1.82, 2.24) is 0 Å². The van der Waals surface area contributed by atoms with Crippen LogP contribution in [0.25, 0.3) is 10.8 Å². The average molecular weight is 335 g/mol. The second-order valence-electron chi connectivity index (χ2n) is 5.64. The summed E-state index contributed by atoms with van der Waals surface area (Å²) >= 11 is 1.71. The van der Waals surface area contributed by atoms with Gasteiger partial charge in [-0.1, -0.05) is 42.5 Å². The van der Waals surface area contributed by atoms with Crippen LogP contribution in [0.2, 0.25) is 0 Å². The molecule has 122 valence electrons. The van der Waals surface area contributed by atoms with E-state index in [-0.39, 0.29) is 0 Å². The first-order valence-electron chi connectivity index (χ1n) is 7.79. The van der Waals surface area contributed by atoms with Crippen molar-refractivity contribution in [2.75, 3.05) is 30.2 Å². The van der Waals surface area contributed by atoms with Crippen molar-refractivity contribution in [1.29, 1.82) is 5.41 Å². The Bertz CT molecular complexity index is 870. The minimum atomic E-state index is 0.435. The predicted octanol–water partition coefficient (Wildman–Crippen LogP) is 5.07. The van der Waals surface area contributed by atoms with E-state index in [1.807, 2.05) is 54.2 Å². The molecule has 0 fully saturated rings. The molecule has 3 aromatic carbocycles. The zero-order valence-corrected chi connectivity index (χ0v) is 15.0. The van der Waals surface area contributed by atoms with Gasteiger partial charge >= 0.3 is 0 Å². The molecule has 3 nitrogen and oxygen atoms in total. The molecule has 0 saturated heterocycles. The second kappa shape index (κ2) is 6.97. The highest BCUT2D eigenvalue weighted by Gasteiger charge is 2.15. The topological polar surface area (TPSA) is 30.3 Å². The van der Waals surface area contributed by atoms with E-state index in [1.165, 1.54) is 10.3 Å². The van der Waals surface area contributed by atoms with Gasteiger partial charge in [-0.25, -0.2) is 0 Å². The lowest BCUT2D eigenvalue weighted by Crippen LogP contribution is -2.39. The molecule has 0 spiro atoms. The Hall–Kier alpha value is -2.46. The molecule has 3 rings (SSSR count). The Labute approximate surface area is 147 Å². The molecule has 0 aliphatic heterocycles. The number of hydrogen-bond donors (Lipinski definition) is 1. The van der Waals surface area contributed by atoms with Crippen molar-refractivity contribution in [3.63, 3.8) is 0 Å². The van der Waals surface area contributed by atoms with Crippen LogP contribution in [-0.2, 0) is 0 Å². The number of hydrogen-bond acceptors (Lipinski definition) is 2. The maximum absolute atomic E-state index is 8.62. The van der Waals surface area contributed by atoms with Crippen LogP contribution in [0.3, 0.4) is 0 Å². The van der Waals surface area contributed by atoms with Gasteiger partial charge in [0.15, 0.2) is 0 Å². The maximum Gasteiger partial charge on any atom is 0.202 e. The molecular weight excluding hydrogens is 314 g/mol. The molecular formula is C20H21N3S. The Morgan fingerprint density at radius 3 is 2.38 bits per heavy atom. The minimum Gasteiger partial charge on any atom is -0.315 e. The van der Waals surface area contributed by atoms with Gasteiger partial charge in [-0.05, 0) is 35.9 Å². The van der Waals surface area contributed by atoms with Gasteiger partial charge in [-0.3, -0.25) is 5.41 Å². The summed E-state index contributed by atoms with van der Waals surface area (Å²) in [5.41, 5.74) is 2.05. The normalized spacial score (nSPS) is 10.6. The van der Waals surface area contributed by atoms with Crippen LogP contribution in [0.15, 0.2) is 71.6 Å². The van der Waals surface area contributed by atoms with Crippen LogP contribution in [0, 0.1) is 5.41 Å². The predicted molar refractivity (Wildman–Crippen MR) is 107 cm³/mol. The van der Waals surface area contributed by atoms with Crippen LogP contribution >= 0.6 is 11.8 Å². The van der Waals surface area contributed by atoms with Crippen molar-refractivity contribution >= 4 is 39.9 Å². The highest BCUT2D eigenvalue weighted by atomic mass is 32.2. The second-order valence-corrected chi connectivity index (χ2v) is 6.52. The van der Waals surface area contributed by atoms with Gasteiger partial charge in [0.05, 0.1) is 5.69 Å². The van der Waals surface area contributed by atoms with E-state index >= 15 is 0 Å². The third-order valence-corrected chi connectivity index (χ3v) is 4.93. The fraction of sp³-hybridized carbons (Fsp3) is 0.150. The first kappa shape index (κ1) is 16.4. The van der Waals surface area contributed by atoms with Crippen molar-refractivity contribution in [2.24, 2.45) is 0 Å². The van der Waals surface area contributed by atoms with Gasteiger partial charge in [0, 0.05) is 30.1 Å². The lowest BCUT2D eigenvalue weighted by atomic mass is 10.1. The Morgan fingerprint density at radius 1 is 0.875 bits per heavy atom. The molecule has 0 radical (unpaired) electrons. The van der Waals surface area contributed by atoms with Gasteiger partial charge in [0.2, 0.25) is 5.96 Å². The summed E-state index contributed by atoms with van der Waals surface area (Å²) in [6.45, 7) is 0. The molecule has 0 aliphatic carbocycles. The summed E-state index contributed by atoms with van der Waals surface area (Å²) in [6, 6.07) is 22.7. The SMILES string of the molecule is CSc1cccc(N(C)C(=N)N(C)c2cccc3ccccc23)c1. The van der Waals surface area contributed by atoms with Crippen LogP contribution in [-0.4, -0.2) is 26.3 Å². The molecule has 0 saturated carbocycles. The lowest BCUT2D eigenvalue weighted by molar-refractivity contribution is 1.12. The number of nitrogens with zero attached hydrogens (tertiary/aromatic N) is 2. The van der Waals surface area contributed by atoms with Gasteiger partial charge in [-0.15, -0.1) is 11.8 Å². The summed E-state index contributed by atoms with van der Waals surface area (Å²) in [5.74, 6) is 0.435. The number of rotatable bonds is 3. The number of guanidine groups is 1. The summed E-state index contributed by atoms with van der Waals surface area (Å²) in [4.78, 5) is 5.02. The summed E-state index contributed by atoms with van der Waals surface area (Å²) < 4.78 is 0. The molecule has 4 heteroatoms. The molecule has 3 aromatic rings. The highest BCUT2D eigenvalue weighted by molar-refractivity contribution is 7.98. The summed E-state index contributed by atoms with van der Waals surface area (Å²) in [6.07, 6.45) is 2.06. The van der Waals surface area contributed by atoms with Crippen LogP contribution in [0.5, 0.6) is 0 Å². The quantitative estimate of drug-likeness (QED) is 0.412. The third kappa shape index (κ3) is 3.10. The number of anilines is 2. The van der Waals surface area contributed by atoms with Crippen molar-refractivity contribution in [3.8, 4) is 0 Å². The number of fused-ring (bicyclic) bond motifs is 1. The molecule has 0 aliphatic rings. The Morgan fingerprint density at radius 2 is 1.58 bits per heavy atom. The Kier molecular flexibility index (Phi) is 4.76. The van der Waals surface area contributed by atoms with Gasteiger partial charge in [0.25, 0.3) is 0 Å². The van der Waals surface area contributed by atoms with Crippen molar-refractivity contribution < 1.29 is 0 Å². The first-order valence-corrected chi connectivity index (χ1v) is 9.02. The monoisotopic (exact) mass is 335 g/mol. The minimum absolute atomic E-state index is 0.435. The fourth-order valence-corrected chi connectivity index (χ4v) is 3.23. The average Bonchev–Trinajstić information content (AvgIpc) is 2.65. The lowest BCUT2D eigenvalue weighted by Gasteiger charge is -2.29.